The Bertz CT molecular complexity index is 351. The molecule has 3 fully saturated rings. The Balaban J connectivity index is 1.47. The van der Waals surface area contributed by atoms with Crippen LogP contribution in [-0.4, -0.2) is 61.3 Å². The molecule has 0 radical (unpaired) electrons. The van der Waals surface area contributed by atoms with Crippen molar-refractivity contribution in [3.8, 4) is 0 Å². The molecule has 3 rings (SSSR count). The molecule has 6 nitrogen and oxygen atoms in total. The van der Waals surface area contributed by atoms with Crippen LogP contribution in [0.25, 0.3) is 0 Å². The lowest BCUT2D eigenvalue weighted by Crippen LogP contribution is -2.43. The van der Waals surface area contributed by atoms with Gasteiger partial charge < -0.3 is 27.5 Å². The second kappa shape index (κ2) is 6.23. The van der Waals surface area contributed by atoms with Crippen LogP contribution in [0.1, 0.15) is 25.7 Å². The van der Waals surface area contributed by atoms with Crippen LogP contribution in [0.15, 0.2) is 0 Å². The first-order chi connectivity index (χ1) is 10.2. The molecule has 0 aromatic heterocycles. The SMILES string of the molecule is CO[Si](CCC1CCC2OC2(OCC2CO2)C1)(OC)OC. The van der Waals surface area contributed by atoms with Gasteiger partial charge in [0, 0.05) is 33.8 Å². The zero-order valence-electron chi connectivity index (χ0n) is 13.1. The van der Waals surface area contributed by atoms with Crippen molar-refractivity contribution in [2.45, 2.75) is 49.7 Å². The third-order valence-corrected chi connectivity index (χ3v) is 7.66. The average Bonchev–Trinajstić information content (AvgIpc) is 3.41. The number of ether oxygens (including phenoxy) is 3. The lowest BCUT2D eigenvalue weighted by atomic mass is 9.85. The number of fused-ring (bicyclic) bond motifs is 1. The summed E-state index contributed by atoms with van der Waals surface area (Å²) in [5.41, 5.74) is 0. The van der Waals surface area contributed by atoms with Gasteiger partial charge in [0.2, 0.25) is 0 Å². The number of epoxide rings is 2. The van der Waals surface area contributed by atoms with Crippen molar-refractivity contribution in [2.75, 3.05) is 34.5 Å². The molecule has 4 atom stereocenters. The summed E-state index contributed by atoms with van der Waals surface area (Å²) >= 11 is 0. The highest BCUT2D eigenvalue weighted by molar-refractivity contribution is 6.60. The fourth-order valence-electron chi connectivity index (χ4n) is 3.32. The molecule has 0 N–H and O–H groups in total. The summed E-state index contributed by atoms with van der Waals surface area (Å²) in [7, 11) is 2.54. The molecule has 0 aromatic carbocycles. The molecule has 122 valence electrons. The summed E-state index contributed by atoms with van der Waals surface area (Å²) in [5.74, 6) is 0.253. The maximum atomic E-state index is 5.98. The Morgan fingerprint density at radius 1 is 1.14 bits per heavy atom. The smallest absolute Gasteiger partial charge is 0.377 e. The maximum absolute atomic E-state index is 5.98. The van der Waals surface area contributed by atoms with Gasteiger partial charge in [0.05, 0.1) is 13.2 Å². The van der Waals surface area contributed by atoms with Crippen molar-refractivity contribution < 1.29 is 27.5 Å². The molecule has 0 aromatic rings. The fourth-order valence-corrected chi connectivity index (χ4v) is 5.20. The minimum Gasteiger partial charge on any atom is -0.377 e. The molecule has 0 bridgehead atoms. The highest BCUT2D eigenvalue weighted by Crippen LogP contribution is 2.52. The van der Waals surface area contributed by atoms with E-state index in [1.807, 2.05) is 0 Å². The molecule has 21 heavy (non-hydrogen) atoms. The summed E-state index contributed by atoms with van der Waals surface area (Å²) in [4.78, 5) is 0. The van der Waals surface area contributed by atoms with Crippen molar-refractivity contribution in [1.82, 2.24) is 0 Å². The molecule has 1 aliphatic carbocycles. The second-order valence-corrected chi connectivity index (χ2v) is 9.26. The summed E-state index contributed by atoms with van der Waals surface area (Å²) in [6.07, 6.45) is 4.84. The summed E-state index contributed by atoms with van der Waals surface area (Å²) in [5, 5.41) is 0. The lowest BCUT2D eigenvalue weighted by Gasteiger charge is -2.29. The monoisotopic (exact) mass is 318 g/mol. The van der Waals surface area contributed by atoms with Gasteiger partial charge in [0.15, 0.2) is 5.79 Å². The Morgan fingerprint density at radius 2 is 1.86 bits per heavy atom. The van der Waals surface area contributed by atoms with Crippen molar-refractivity contribution in [1.29, 1.82) is 0 Å². The van der Waals surface area contributed by atoms with Crippen LogP contribution >= 0.6 is 0 Å². The third kappa shape index (κ3) is 3.50. The molecule has 4 unspecified atom stereocenters. The minimum absolute atomic E-state index is 0.292. The van der Waals surface area contributed by atoms with Crippen molar-refractivity contribution in [3.05, 3.63) is 0 Å². The highest BCUT2D eigenvalue weighted by Gasteiger charge is 2.61. The van der Waals surface area contributed by atoms with E-state index in [1.54, 1.807) is 21.3 Å². The zero-order valence-corrected chi connectivity index (χ0v) is 14.1. The van der Waals surface area contributed by atoms with Crippen LogP contribution in [0, 0.1) is 5.92 Å². The van der Waals surface area contributed by atoms with Crippen LogP contribution in [0.5, 0.6) is 0 Å². The van der Waals surface area contributed by atoms with E-state index in [-0.39, 0.29) is 5.79 Å². The van der Waals surface area contributed by atoms with Gasteiger partial charge in [-0.2, -0.15) is 0 Å². The van der Waals surface area contributed by atoms with Gasteiger partial charge >= 0.3 is 8.80 Å². The first kappa shape index (κ1) is 15.9. The number of hydrogen-bond acceptors (Lipinski definition) is 6. The Labute approximate surface area is 127 Å². The first-order valence-electron chi connectivity index (χ1n) is 7.74. The Kier molecular flexibility index (Phi) is 4.71. The average molecular weight is 318 g/mol. The topological polar surface area (TPSA) is 62.0 Å². The molecule has 1 saturated carbocycles. The van der Waals surface area contributed by atoms with E-state index in [0.717, 1.165) is 31.9 Å². The number of hydrogen-bond donors (Lipinski definition) is 0. The van der Waals surface area contributed by atoms with Crippen LogP contribution in [0.2, 0.25) is 6.04 Å². The van der Waals surface area contributed by atoms with E-state index in [0.29, 0.717) is 24.7 Å². The first-order valence-corrected chi connectivity index (χ1v) is 9.67. The quantitative estimate of drug-likeness (QED) is 0.475. The predicted octanol–water partition coefficient (Wildman–Crippen LogP) is 1.57. The molecule has 0 amide bonds. The number of rotatable bonds is 9. The van der Waals surface area contributed by atoms with Crippen LogP contribution in [0.3, 0.4) is 0 Å². The van der Waals surface area contributed by atoms with E-state index < -0.39 is 8.80 Å². The molecular formula is C14H26O6Si. The van der Waals surface area contributed by atoms with Gasteiger partial charge in [-0.1, -0.05) is 0 Å². The minimum atomic E-state index is -2.46. The summed E-state index contributed by atoms with van der Waals surface area (Å²) < 4.78 is 33.5. The van der Waals surface area contributed by atoms with E-state index in [9.17, 15) is 0 Å². The lowest BCUT2D eigenvalue weighted by molar-refractivity contribution is -0.0674. The van der Waals surface area contributed by atoms with Gasteiger partial charge in [0.1, 0.15) is 12.2 Å². The van der Waals surface area contributed by atoms with Crippen molar-refractivity contribution in [2.24, 2.45) is 5.92 Å². The molecule has 7 heteroatoms. The maximum Gasteiger partial charge on any atom is 0.500 e. The van der Waals surface area contributed by atoms with Gasteiger partial charge in [-0.15, -0.1) is 0 Å². The molecule has 0 spiro atoms. The van der Waals surface area contributed by atoms with Gasteiger partial charge in [-0.3, -0.25) is 0 Å². The Morgan fingerprint density at radius 3 is 2.48 bits per heavy atom. The molecular weight excluding hydrogens is 292 g/mol. The van der Waals surface area contributed by atoms with E-state index in [2.05, 4.69) is 0 Å². The molecule has 2 aliphatic heterocycles. The third-order valence-electron chi connectivity index (χ3n) is 4.89. The zero-order chi connectivity index (χ0) is 14.9. The Hall–Kier alpha value is -0.0231. The summed E-state index contributed by atoms with van der Waals surface area (Å²) in [6, 6.07) is 0.841. The largest absolute Gasteiger partial charge is 0.500 e. The molecule has 2 saturated heterocycles. The van der Waals surface area contributed by atoms with Gasteiger partial charge in [0.25, 0.3) is 0 Å². The van der Waals surface area contributed by atoms with Crippen molar-refractivity contribution in [3.63, 3.8) is 0 Å². The van der Waals surface area contributed by atoms with Crippen LogP contribution in [0.4, 0.5) is 0 Å². The standard InChI is InChI=1S/C14H26O6Si/c1-15-21(16-2,17-3)7-6-11-4-5-13-14(8-11,20-13)19-10-12-9-18-12/h11-13H,4-10H2,1-3H3. The molecule has 3 aliphatic rings. The fraction of sp³-hybridized carbons (Fsp3) is 1.00. The van der Waals surface area contributed by atoms with Crippen LogP contribution < -0.4 is 0 Å². The predicted molar refractivity (Wildman–Crippen MR) is 76.8 cm³/mol. The van der Waals surface area contributed by atoms with E-state index >= 15 is 0 Å². The summed E-state index contributed by atoms with van der Waals surface area (Å²) in [6.45, 7) is 1.49. The van der Waals surface area contributed by atoms with E-state index in [4.69, 9.17) is 27.5 Å². The second-order valence-electron chi connectivity index (χ2n) is 6.17. The normalized spacial score (nSPS) is 38.1. The van der Waals surface area contributed by atoms with Crippen molar-refractivity contribution >= 4 is 8.80 Å². The van der Waals surface area contributed by atoms with Crippen LogP contribution in [-0.2, 0) is 27.5 Å². The van der Waals surface area contributed by atoms with Gasteiger partial charge in [-0.25, -0.2) is 0 Å². The van der Waals surface area contributed by atoms with E-state index in [1.165, 1.54) is 6.42 Å². The highest BCUT2D eigenvalue weighted by atomic mass is 28.4. The molecule has 2 heterocycles. The van der Waals surface area contributed by atoms with Gasteiger partial charge in [-0.05, 0) is 25.2 Å².